The Morgan fingerprint density at radius 1 is 1.21 bits per heavy atom. The Bertz CT molecular complexity index is 1200. The highest BCUT2D eigenvalue weighted by Crippen LogP contribution is 2.44. The van der Waals surface area contributed by atoms with Crippen LogP contribution in [0.1, 0.15) is 45.6 Å². The molecule has 0 aliphatic carbocycles. The van der Waals surface area contributed by atoms with Crippen molar-refractivity contribution in [2.45, 2.75) is 75.9 Å². The fourth-order valence-corrected chi connectivity index (χ4v) is 5.74. The highest BCUT2D eigenvalue weighted by atomic mass is 19.4. The summed E-state index contributed by atoms with van der Waals surface area (Å²) < 4.78 is 58.7. The van der Waals surface area contributed by atoms with Crippen LogP contribution in [-0.2, 0) is 16.0 Å². The van der Waals surface area contributed by atoms with Gasteiger partial charge in [-0.15, -0.1) is 0 Å². The quantitative estimate of drug-likeness (QED) is 0.538. The van der Waals surface area contributed by atoms with E-state index in [1.165, 1.54) is 0 Å². The second kappa shape index (κ2) is 10.7. The molecule has 0 saturated carbocycles. The topological polar surface area (TPSA) is 87.7 Å². The highest BCUT2D eigenvalue weighted by Gasteiger charge is 2.59. The minimum atomic E-state index is -4.57. The molecule has 0 radical (unpaired) electrons. The molecule has 212 valence electrons. The van der Waals surface area contributed by atoms with Gasteiger partial charge in [-0.05, 0) is 64.6 Å². The van der Waals surface area contributed by atoms with Crippen molar-refractivity contribution in [1.82, 2.24) is 25.1 Å². The second-order valence-corrected chi connectivity index (χ2v) is 11.3. The molecule has 4 rings (SSSR count). The maximum atomic E-state index is 13.9. The van der Waals surface area contributed by atoms with Gasteiger partial charge in [0, 0.05) is 18.7 Å². The van der Waals surface area contributed by atoms with E-state index >= 15 is 0 Å². The molecule has 12 heteroatoms. The van der Waals surface area contributed by atoms with Gasteiger partial charge in [0.2, 0.25) is 5.91 Å². The summed E-state index contributed by atoms with van der Waals surface area (Å²) in [4.78, 5) is 37.3. The van der Waals surface area contributed by atoms with Crippen molar-refractivity contribution >= 4 is 12.0 Å². The lowest BCUT2D eigenvalue weighted by Gasteiger charge is -2.40. The summed E-state index contributed by atoms with van der Waals surface area (Å²) >= 11 is 0. The molecular weight excluding hydrogens is 518 g/mol. The minimum Gasteiger partial charge on any atom is -0.444 e. The predicted octanol–water partition coefficient (Wildman–Crippen LogP) is 4.35. The Morgan fingerprint density at radius 2 is 1.90 bits per heavy atom. The van der Waals surface area contributed by atoms with E-state index < -0.39 is 47.7 Å². The van der Waals surface area contributed by atoms with Gasteiger partial charge in [-0.3, -0.25) is 9.69 Å². The SMILES string of the molecule is CN(CC(F)(F)F)C(=O)[C@]1(Cc2cccc(-c3ncc(F)cn3)c2)C[C@@H](NC(=O)OC(C)(C)C)[C@@H]2CCCN21. The van der Waals surface area contributed by atoms with Crippen LogP contribution in [0.4, 0.5) is 22.4 Å². The van der Waals surface area contributed by atoms with Crippen molar-refractivity contribution in [1.29, 1.82) is 0 Å². The van der Waals surface area contributed by atoms with Crippen molar-refractivity contribution in [3.05, 3.63) is 48.0 Å². The van der Waals surface area contributed by atoms with E-state index in [0.29, 0.717) is 24.1 Å². The Hall–Kier alpha value is -3.28. The first-order valence-corrected chi connectivity index (χ1v) is 12.8. The molecule has 2 amide bonds. The number of nitrogens with zero attached hydrogens (tertiary/aromatic N) is 4. The first kappa shape index (κ1) is 28.7. The van der Waals surface area contributed by atoms with Crippen molar-refractivity contribution in [3.63, 3.8) is 0 Å². The van der Waals surface area contributed by atoms with Gasteiger partial charge in [-0.1, -0.05) is 18.2 Å². The van der Waals surface area contributed by atoms with Gasteiger partial charge in [0.25, 0.3) is 0 Å². The standard InChI is InChI=1S/C27H33F4N5O3/c1-25(2,3)39-24(38)34-20-13-26(36-10-6-9-21(20)36,23(37)35(4)16-27(29,30)31)12-17-7-5-8-18(11-17)22-32-14-19(28)15-33-22/h5,7-8,11,14-15,20-21H,6,9-10,12-13,16H2,1-4H3,(H,34,38)/t20-,21+,26+/m1/s1. The number of amides is 2. The zero-order valence-electron chi connectivity index (χ0n) is 22.4. The van der Waals surface area contributed by atoms with Gasteiger partial charge < -0.3 is 15.0 Å². The molecule has 0 spiro atoms. The molecule has 1 aromatic heterocycles. The summed E-state index contributed by atoms with van der Waals surface area (Å²) in [7, 11) is 1.15. The van der Waals surface area contributed by atoms with Gasteiger partial charge in [-0.25, -0.2) is 19.2 Å². The van der Waals surface area contributed by atoms with Gasteiger partial charge in [0.1, 0.15) is 17.7 Å². The number of benzene rings is 1. The number of alkyl halides is 3. The number of hydrogen-bond acceptors (Lipinski definition) is 6. The fourth-order valence-electron chi connectivity index (χ4n) is 5.74. The number of aromatic nitrogens is 2. The predicted molar refractivity (Wildman–Crippen MR) is 135 cm³/mol. The number of nitrogens with one attached hydrogen (secondary N) is 1. The zero-order chi connectivity index (χ0) is 28.6. The second-order valence-electron chi connectivity index (χ2n) is 11.3. The van der Waals surface area contributed by atoms with Crippen LogP contribution in [0.15, 0.2) is 36.7 Å². The summed E-state index contributed by atoms with van der Waals surface area (Å²) in [6.07, 6.45) is -1.47. The third-order valence-electron chi connectivity index (χ3n) is 7.04. The molecule has 1 N–H and O–H groups in total. The minimum absolute atomic E-state index is 0.103. The normalized spacial score (nSPS) is 23.4. The van der Waals surface area contributed by atoms with Gasteiger partial charge in [-0.2, -0.15) is 13.2 Å². The summed E-state index contributed by atoms with van der Waals surface area (Å²) in [5, 5.41) is 2.88. The van der Waals surface area contributed by atoms with Crippen LogP contribution in [0.5, 0.6) is 0 Å². The largest absolute Gasteiger partial charge is 0.444 e. The molecule has 8 nitrogen and oxygen atoms in total. The van der Waals surface area contributed by atoms with Crippen molar-refractivity contribution in [2.24, 2.45) is 0 Å². The molecule has 2 saturated heterocycles. The lowest BCUT2D eigenvalue weighted by atomic mass is 9.84. The van der Waals surface area contributed by atoms with Crippen LogP contribution < -0.4 is 5.32 Å². The highest BCUT2D eigenvalue weighted by molar-refractivity contribution is 5.88. The molecule has 3 heterocycles. The first-order chi connectivity index (χ1) is 18.2. The zero-order valence-corrected chi connectivity index (χ0v) is 22.4. The lowest BCUT2D eigenvalue weighted by Crippen LogP contribution is -2.58. The number of fused-ring (bicyclic) bond motifs is 1. The number of halogens is 4. The molecule has 2 aliphatic rings. The summed E-state index contributed by atoms with van der Waals surface area (Å²) in [5.41, 5.74) is -0.806. The average Bonchev–Trinajstić information content (AvgIpc) is 3.41. The van der Waals surface area contributed by atoms with E-state index in [9.17, 15) is 27.2 Å². The van der Waals surface area contributed by atoms with Crippen LogP contribution in [0.2, 0.25) is 0 Å². The number of rotatable bonds is 6. The third-order valence-corrected chi connectivity index (χ3v) is 7.04. The van der Waals surface area contributed by atoms with E-state index in [1.807, 2.05) is 4.90 Å². The van der Waals surface area contributed by atoms with Crippen LogP contribution in [0.25, 0.3) is 11.4 Å². The van der Waals surface area contributed by atoms with E-state index in [1.54, 1.807) is 45.0 Å². The first-order valence-electron chi connectivity index (χ1n) is 12.8. The van der Waals surface area contributed by atoms with E-state index in [2.05, 4.69) is 15.3 Å². The van der Waals surface area contributed by atoms with Gasteiger partial charge >= 0.3 is 12.3 Å². The summed E-state index contributed by atoms with van der Waals surface area (Å²) in [6, 6.07) is 6.29. The monoisotopic (exact) mass is 551 g/mol. The van der Waals surface area contributed by atoms with Gasteiger partial charge in [0.15, 0.2) is 11.6 Å². The van der Waals surface area contributed by atoms with Crippen molar-refractivity contribution in [2.75, 3.05) is 20.1 Å². The average molecular weight is 552 g/mol. The third kappa shape index (κ3) is 6.66. The fraction of sp³-hybridized carbons (Fsp3) is 0.556. The molecule has 3 atom stereocenters. The number of carbonyl (C=O) groups excluding carboxylic acids is 2. The summed E-state index contributed by atoms with van der Waals surface area (Å²) in [5.74, 6) is -0.965. The number of ether oxygens (including phenoxy) is 1. The van der Waals surface area contributed by atoms with Crippen LogP contribution in [-0.4, -0.2) is 81.3 Å². The molecule has 2 aromatic rings. The molecule has 0 unspecified atom stereocenters. The van der Waals surface area contributed by atoms with Gasteiger partial charge in [0.05, 0.1) is 18.4 Å². The smallest absolute Gasteiger partial charge is 0.407 e. The Labute approximate surface area is 224 Å². The van der Waals surface area contributed by atoms with E-state index in [-0.39, 0.29) is 24.7 Å². The number of carbonyl (C=O) groups is 2. The van der Waals surface area contributed by atoms with Crippen LogP contribution in [0.3, 0.4) is 0 Å². The number of hydrogen-bond donors (Lipinski definition) is 1. The Morgan fingerprint density at radius 3 is 2.54 bits per heavy atom. The lowest BCUT2D eigenvalue weighted by molar-refractivity contribution is -0.165. The Kier molecular flexibility index (Phi) is 7.89. The molecular formula is C27H33F4N5O3. The maximum absolute atomic E-state index is 13.9. The van der Waals surface area contributed by atoms with Crippen LogP contribution in [0, 0.1) is 5.82 Å². The molecule has 2 fully saturated rings. The molecule has 1 aromatic carbocycles. The number of likely N-dealkylation sites (N-methyl/N-ethyl adjacent to an activating group) is 1. The van der Waals surface area contributed by atoms with Crippen molar-refractivity contribution in [3.8, 4) is 11.4 Å². The Balaban J connectivity index is 1.69. The van der Waals surface area contributed by atoms with Crippen molar-refractivity contribution < 1.29 is 31.9 Å². The molecule has 39 heavy (non-hydrogen) atoms. The number of alkyl carbamates (subject to hydrolysis) is 1. The molecule has 0 bridgehead atoms. The van der Waals surface area contributed by atoms with E-state index in [0.717, 1.165) is 30.8 Å². The van der Waals surface area contributed by atoms with Crippen LogP contribution >= 0.6 is 0 Å². The summed E-state index contributed by atoms with van der Waals surface area (Å²) in [6.45, 7) is 4.33. The molecule has 2 aliphatic heterocycles. The van der Waals surface area contributed by atoms with E-state index in [4.69, 9.17) is 4.74 Å². The maximum Gasteiger partial charge on any atom is 0.407 e.